The summed E-state index contributed by atoms with van der Waals surface area (Å²) in [5.41, 5.74) is 10.1. The second kappa shape index (κ2) is 14.2. The number of nitrogens with two attached hydrogens (primary N) is 1. The van der Waals surface area contributed by atoms with E-state index in [-0.39, 0.29) is 31.2 Å². The lowest BCUT2D eigenvalue weighted by Crippen LogP contribution is -2.34. The number of ether oxygens (including phenoxy) is 1. The molecular formula is C31H42N6O5S. The predicted octanol–water partition coefficient (Wildman–Crippen LogP) is 5.08. The summed E-state index contributed by atoms with van der Waals surface area (Å²) in [4.78, 5) is 51.9. The lowest BCUT2D eigenvalue weighted by molar-refractivity contribution is -0.180. The third-order valence-electron chi connectivity index (χ3n) is 6.62. The van der Waals surface area contributed by atoms with Crippen LogP contribution in [0.4, 0.5) is 16.2 Å². The number of hydrogen-bond donors (Lipinski definition) is 3. The van der Waals surface area contributed by atoms with Crippen LogP contribution in [0.25, 0.3) is 6.08 Å². The lowest BCUT2D eigenvalue weighted by atomic mass is 10.1. The maximum atomic E-state index is 13.2. The van der Waals surface area contributed by atoms with Crippen LogP contribution in [0.5, 0.6) is 0 Å². The summed E-state index contributed by atoms with van der Waals surface area (Å²) in [7, 11) is 0. The van der Waals surface area contributed by atoms with E-state index in [9.17, 15) is 14.4 Å². The lowest BCUT2D eigenvalue weighted by Gasteiger charge is -2.21. The molecule has 43 heavy (non-hydrogen) atoms. The first-order valence-corrected chi connectivity index (χ1v) is 15.5. The van der Waals surface area contributed by atoms with Crippen molar-refractivity contribution < 1.29 is 24.0 Å². The largest absolute Gasteiger partial charge is 0.444 e. The van der Waals surface area contributed by atoms with Crippen LogP contribution < -0.4 is 16.4 Å². The molecular weight excluding hydrogens is 568 g/mol. The molecule has 2 aromatic rings. The molecule has 1 aromatic heterocycles. The zero-order valence-corrected chi connectivity index (χ0v) is 26.4. The van der Waals surface area contributed by atoms with Gasteiger partial charge in [-0.3, -0.25) is 19.3 Å². The van der Waals surface area contributed by atoms with E-state index in [1.54, 1.807) is 32.1 Å². The second-order valence-electron chi connectivity index (χ2n) is 11.6. The van der Waals surface area contributed by atoms with E-state index >= 15 is 0 Å². The normalized spacial score (nSPS) is 14.6. The molecule has 0 spiro atoms. The van der Waals surface area contributed by atoms with Crippen LogP contribution in [-0.4, -0.2) is 59.0 Å². The van der Waals surface area contributed by atoms with E-state index in [1.807, 2.05) is 44.2 Å². The number of fused-ring (bicyclic) bond motifs is 2. The number of amidine groups is 1. The van der Waals surface area contributed by atoms with Gasteiger partial charge in [-0.1, -0.05) is 13.0 Å². The van der Waals surface area contributed by atoms with Crippen LogP contribution in [0.2, 0.25) is 0 Å². The smallest absolute Gasteiger partial charge is 0.407 e. The van der Waals surface area contributed by atoms with Gasteiger partial charge in [0.2, 0.25) is 5.91 Å². The summed E-state index contributed by atoms with van der Waals surface area (Å²) in [6, 6.07) is 7.99. The Kier molecular flexibility index (Phi) is 10.6. The first kappa shape index (κ1) is 32.2. The number of benzene rings is 1. The highest BCUT2D eigenvalue weighted by molar-refractivity contribution is 7.13. The first-order valence-electron chi connectivity index (χ1n) is 14.7. The number of amides is 3. The number of carbonyl (C=O) groups is 3. The quantitative estimate of drug-likeness (QED) is 0.302. The molecule has 12 heteroatoms. The highest BCUT2D eigenvalue weighted by Gasteiger charge is 2.25. The number of rotatable bonds is 11. The van der Waals surface area contributed by atoms with Crippen LogP contribution in [0.15, 0.2) is 34.8 Å². The van der Waals surface area contributed by atoms with E-state index < -0.39 is 11.7 Å². The number of hydrogen-bond acceptors (Lipinski definition) is 9. The maximum Gasteiger partial charge on any atom is 0.407 e. The molecule has 3 heterocycles. The van der Waals surface area contributed by atoms with Crippen molar-refractivity contribution >= 4 is 52.5 Å². The van der Waals surface area contributed by atoms with Crippen LogP contribution in [0.1, 0.15) is 74.8 Å². The maximum absolute atomic E-state index is 13.2. The Balaban J connectivity index is 1.35. The van der Waals surface area contributed by atoms with Gasteiger partial charge in [0.05, 0.1) is 17.2 Å². The van der Waals surface area contributed by atoms with Crippen molar-refractivity contribution in [3.8, 4) is 0 Å². The third kappa shape index (κ3) is 9.12. The number of alkyl carbamates (subject to hydrolysis) is 1. The summed E-state index contributed by atoms with van der Waals surface area (Å²) in [5.74, 6) is 0.0389. The third-order valence-corrected chi connectivity index (χ3v) is 7.68. The van der Waals surface area contributed by atoms with Crippen molar-refractivity contribution in [1.82, 2.24) is 15.3 Å². The number of nitrogens with one attached hydrogen (secondary N) is 2. The van der Waals surface area contributed by atoms with Gasteiger partial charge in [-0.15, -0.1) is 11.3 Å². The summed E-state index contributed by atoms with van der Waals surface area (Å²) >= 11 is 1.61. The number of thiophene rings is 1. The Morgan fingerprint density at radius 2 is 1.91 bits per heavy atom. The number of hydroxylamine groups is 2. The van der Waals surface area contributed by atoms with Crippen LogP contribution in [-0.2, 0) is 38.8 Å². The van der Waals surface area contributed by atoms with Gasteiger partial charge in [0.1, 0.15) is 11.4 Å². The zero-order chi connectivity index (χ0) is 31.1. The van der Waals surface area contributed by atoms with Crippen molar-refractivity contribution in [2.45, 2.75) is 79.1 Å². The molecule has 0 saturated heterocycles. The average molecular weight is 611 g/mol. The van der Waals surface area contributed by atoms with Gasteiger partial charge in [-0.05, 0) is 69.5 Å². The van der Waals surface area contributed by atoms with E-state index in [0.717, 1.165) is 52.7 Å². The molecule has 0 bridgehead atoms. The summed E-state index contributed by atoms with van der Waals surface area (Å²) in [6.45, 7) is 12.6. The molecule has 0 fully saturated rings. The molecule has 232 valence electrons. The predicted molar refractivity (Wildman–Crippen MR) is 169 cm³/mol. The number of aliphatic imine (C=N–C) groups is 1. The van der Waals surface area contributed by atoms with Crippen molar-refractivity contribution in [3.05, 3.63) is 50.7 Å². The van der Waals surface area contributed by atoms with Gasteiger partial charge in [-0.2, -0.15) is 0 Å². The van der Waals surface area contributed by atoms with E-state index in [0.29, 0.717) is 24.6 Å². The van der Waals surface area contributed by atoms with Gasteiger partial charge in [0.15, 0.2) is 0 Å². The number of carbonyl (C=O) groups excluding carboxylic acids is 3. The SMILES string of the molecule is CCCN(OCC)C(=O)C1=Cc2sc(CN3Cc4ccc(NC(=O)CCNC(=O)OC(C)(C)C)cc4C3)cc2N=C(N)C1. The van der Waals surface area contributed by atoms with Gasteiger partial charge >= 0.3 is 6.09 Å². The van der Waals surface area contributed by atoms with Crippen LogP contribution in [0, 0.1) is 0 Å². The Bertz CT molecular complexity index is 1400. The van der Waals surface area contributed by atoms with Crippen molar-refractivity contribution in [2.24, 2.45) is 10.7 Å². The molecule has 3 amide bonds. The molecule has 1 aromatic carbocycles. The molecule has 11 nitrogen and oxygen atoms in total. The van der Waals surface area contributed by atoms with E-state index in [2.05, 4.69) is 20.5 Å². The van der Waals surface area contributed by atoms with Crippen molar-refractivity contribution in [3.63, 3.8) is 0 Å². The minimum Gasteiger partial charge on any atom is -0.444 e. The fraction of sp³-hybridized carbons (Fsp3) is 0.484. The Labute approximate surface area is 257 Å². The average Bonchev–Trinajstić information content (AvgIpc) is 3.44. The zero-order valence-electron chi connectivity index (χ0n) is 25.6. The van der Waals surface area contributed by atoms with Crippen LogP contribution in [0.3, 0.4) is 0 Å². The molecule has 0 aliphatic carbocycles. The fourth-order valence-electron chi connectivity index (χ4n) is 4.89. The van der Waals surface area contributed by atoms with Crippen LogP contribution >= 0.6 is 11.3 Å². The highest BCUT2D eigenvalue weighted by atomic mass is 32.1. The molecule has 2 aliphatic rings. The molecule has 0 saturated carbocycles. The Morgan fingerprint density at radius 3 is 2.63 bits per heavy atom. The second-order valence-corrected chi connectivity index (χ2v) is 12.8. The molecule has 0 radical (unpaired) electrons. The van der Waals surface area contributed by atoms with Crippen molar-refractivity contribution in [1.29, 1.82) is 0 Å². The van der Waals surface area contributed by atoms with E-state index in [4.69, 9.17) is 15.3 Å². The Morgan fingerprint density at radius 1 is 1.14 bits per heavy atom. The van der Waals surface area contributed by atoms with E-state index in [1.165, 1.54) is 10.6 Å². The highest BCUT2D eigenvalue weighted by Crippen LogP contribution is 2.37. The summed E-state index contributed by atoms with van der Waals surface area (Å²) in [6.07, 6.45) is 2.57. The van der Waals surface area contributed by atoms with Gasteiger partial charge in [0.25, 0.3) is 5.91 Å². The molecule has 0 atom stereocenters. The fourth-order valence-corrected chi connectivity index (χ4v) is 6.00. The van der Waals surface area contributed by atoms with Gasteiger partial charge in [-0.25, -0.2) is 14.9 Å². The molecule has 4 rings (SSSR count). The summed E-state index contributed by atoms with van der Waals surface area (Å²) in [5, 5.41) is 6.93. The molecule has 2 aliphatic heterocycles. The molecule has 0 unspecified atom stereocenters. The van der Waals surface area contributed by atoms with Gasteiger partial charge in [0, 0.05) is 61.7 Å². The summed E-state index contributed by atoms with van der Waals surface area (Å²) < 4.78 is 5.19. The first-order chi connectivity index (χ1) is 20.4. The molecule has 4 N–H and O–H groups in total. The van der Waals surface area contributed by atoms with Crippen molar-refractivity contribution in [2.75, 3.05) is 25.0 Å². The standard InChI is InChI=1S/C31H42N6O5S/c1-6-12-37(41-7-2)29(39)21-14-26-25(35-27(32)15-21)16-24(43-26)19-36-17-20-8-9-23(13-22(20)18-36)34-28(38)10-11-33-30(40)42-31(3,4)5/h8-9,13-14,16H,6-7,10-12,15,17-19H2,1-5H3,(H2,32,35)(H,33,40)(H,34,38). The Hall–Kier alpha value is -3.74. The minimum atomic E-state index is -0.587. The topological polar surface area (TPSA) is 139 Å². The minimum absolute atomic E-state index is 0.141. The monoisotopic (exact) mass is 610 g/mol. The van der Waals surface area contributed by atoms with Gasteiger partial charge < -0.3 is 21.1 Å². The number of nitrogens with zero attached hydrogens (tertiary/aromatic N) is 3. The number of anilines is 1.